The highest BCUT2D eigenvalue weighted by Crippen LogP contribution is 2.39. The lowest BCUT2D eigenvalue weighted by Crippen LogP contribution is -2.35. The number of fused-ring (bicyclic) bond motifs is 1. The van der Waals surface area contributed by atoms with E-state index < -0.39 is 0 Å². The molecule has 0 spiro atoms. The number of methoxy groups -OCH3 is 1. The molecule has 2 aromatic rings. The van der Waals surface area contributed by atoms with Gasteiger partial charge >= 0.3 is 5.97 Å². The summed E-state index contributed by atoms with van der Waals surface area (Å²) in [7, 11) is 1.41. The molecular weight excluding hydrogens is 338 g/mol. The minimum atomic E-state index is -0.316. The number of thiophene rings is 1. The van der Waals surface area contributed by atoms with Crippen LogP contribution in [0.1, 0.15) is 46.7 Å². The third-order valence-electron chi connectivity index (χ3n) is 5.08. The van der Waals surface area contributed by atoms with Gasteiger partial charge in [-0.05, 0) is 51.0 Å². The van der Waals surface area contributed by atoms with Crippen molar-refractivity contribution in [1.29, 1.82) is 0 Å². The number of hydrogen-bond acceptors (Lipinski definition) is 7. The molecule has 1 aliphatic heterocycles. The van der Waals surface area contributed by atoms with Crippen molar-refractivity contribution in [2.75, 3.05) is 19.0 Å². The fourth-order valence-electron chi connectivity index (χ4n) is 3.59. The van der Waals surface area contributed by atoms with Crippen LogP contribution in [0.2, 0.25) is 0 Å². The summed E-state index contributed by atoms with van der Waals surface area (Å²) < 4.78 is 10.8. The zero-order valence-corrected chi connectivity index (χ0v) is 15.6. The highest BCUT2D eigenvalue weighted by molar-refractivity contribution is 7.20. The summed E-state index contributed by atoms with van der Waals surface area (Å²) in [6.45, 7) is 4.61. The molecule has 134 valence electrons. The Morgan fingerprint density at radius 3 is 2.80 bits per heavy atom. The van der Waals surface area contributed by atoms with Crippen LogP contribution in [0, 0.1) is 19.8 Å². The molecular formula is C18H23N3O3S. The number of aromatic nitrogens is 2. The van der Waals surface area contributed by atoms with E-state index in [1.165, 1.54) is 31.3 Å². The number of nitrogens with one attached hydrogen (secondary N) is 1. The Bertz CT molecular complexity index is 815. The first-order valence-electron chi connectivity index (χ1n) is 8.81. The number of esters is 1. The number of anilines is 1. The van der Waals surface area contributed by atoms with Crippen LogP contribution in [0.5, 0.6) is 0 Å². The maximum absolute atomic E-state index is 12.0. The van der Waals surface area contributed by atoms with Crippen LogP contribution in [0.25, 0.3) is 10.2 Å². The Morgan fingerprint density at radius 1 is 1.28 bits per heavy atom. The van der Waals surface area contributed by atoms with E-state index in [-0.39, 0.29) is 5.97 Å². The molecule has 1 N–H and O–H groups in total. The molecule has 0 bridgehead atoms. The van der Waals surface area contributed by atoms with Crippen molar-refractivity contribution in [2.45, 2.75) is 51.7 Å². The lowest BCUT2D eigenvalue weighted by atomic mass is 10.00. The maximum Gasteiger partial charge on any atom is 0.348 e. The Kier molecular flexibility index (Phi) is 4.37. The number of hydrogen-bond donors (Lipinski definition) is 1. The molecule has 7 heteroatoms. The van der Waals surface area contributed by atoms with Gasteiger partial charge in [0, 0.05) is 12.6 Å². The van der Waals surface area contributed by atoms with Gasteiger partial charge in [-0.3, -0.25) is 0 Å². The van der Waals surface area contributed by atoms with Gasteiger partial charge in [0.25, 0.3) is 0 Å². The van der Waals surface area contributed by atoms with Gasteiger partial charge in [-0.1, -0.05) is 0 Å². The van der Waals surface area contributed by atoms with Crippen LogP contribution in [-0.2, 0) is 9.47 Å². The molecule has 2 atom stereocenters. The molecule has 2 unspecified atom stereocenters. The Morgan fingerprint density at radius 2 is 2.08 bits per heavy atom. The normalized spacial score (nSPS) is 23.6. The van der Waals surface area contributed by atoms with E-state index in [4.69, 9.17) is 9.47 Å². The van der Waals surface area contributed by atoms with Crippen molar-refractivity contribution in [3.05, 3.63) is 16.3 Å². The topological polar surface area (TPSA) is 73.3 Å². The monoisotopic (exact) mass is 361 g/mol. The van der Waals surface area contributed by atoms with Crippen LogP contribution in [-0.4, -0.2) is 41.8 Å². The average molecular weight is 361 g/mol. The molecule has 4 rings (SSSR count). The highest BCUT2D eigenvalue weighted by atomic mass is 32.1. The molecule has 0 amide bonds. The van der Waals surface area contributed by atoms with Crippen molar-refractivity contribution in [1.82, 2.24) is 9.97 Å². The molecule has 0 aromatic carbocycles. The maximum atomic E-state index is 12.0. The number of nitrogens with zero attached hydrogens (tertiary/aromatic N) is 2. The lowest BCUT2D eigenvalue weighted by Gasteiger charge is -2.30. The molecule has 6 nitrogen and oxygen atoms in total. The summed E-state index contributed by atoms with van der Waals surface area (Å²) >= 11 is 1.37. The smallest absolute Gasteiger partial charge is 0.348 e. The third-order valence-corrected chi connectivity index (χ3v) is 6.24. The van der Waals surface area contributed by atoms with Crippen molar-refractivity contribution < 1.29 is 14.3 Å². The Labute approximate surface area is 150 Å². The fraction of sp³-hybridized carbons (Fsp3) is 0.611. The second kappa shape index (κ2) is 6.53. The second-order valence-electron chi connectivity index (χ2n) is 6.96. The van der Waals surface area contributed by atoms with Crippen molar-refractivity contribution in [2.24, 2.45) is 5.92 Å². The van der Waals surface area contributed by atoms with Gasteiger partial charge < -0.3 is 14.8 Å². The first kappa shape index (κ1) is 16.7. The second-order valence-corrected chi connectivity index (χ2v) is 7.96. The molecule has 2 aromatic heterocycles. The van der Waals surface area contributed by atoms with Crippen LogP contribution >= 0.6 is 11.3 Å². The molecule has 1 saturated carbocycles. The number of carbonyl (C=O) groups excluding carboxylic acids is 1. The van der Waals surface area contributed by atoms with Gasteiger partial charge in [-0.2, -0.15) is 0 Å². The quantitative estimate of drug-likeness (QED) is 0.841. The van der Waals surface area contributed by atoms with Crippen LogP contribution in [0.4, 0.5) is 5.82 Å². The zero-order valence-electron chi connectivity index (χ0n) is 14.8. The van der Waals surface area contributed by atoms with Crippen LogP contribution < -0.4 is 5.32 Å². The van der Waals surface area contributed by atoms with E-state index in [1.807, 2.05) is 13.8 Å². The summed E-state index contributed by atoms with van der Waals surface area (Å²) in [5.41, 5.74) is 0.889. The number of aryl methyl sites for hydroxylation is 2. The number of carbonyl (C=O) groups is 1. The van der Waals surface area contributed by atoms with Crippen LogP contribution in [0.15, 0.2) is 0 Å². The molecule has 2 aliphatic rings. The SMILES string of the molecule is COC(=O)c1sc2nc(C)nc(NC3CCOC(C4CC4)C3)c2c1C. The lowest BCUT2D eigenvalue weighted by molar-refractivity contribution is -0.00221. The first-order valence-corrected chi connectivity index (χ1v) is 9.62. The summed E-state index contributed by atoms with van der Waals surface area (Å²) in [5, 5.41) is 4.55. The molecule has 1 aliphatic carbocycles. The van der Waals surface area contributed by atoms with Gasteiger partial charge in [0.1, 0.15) is 21.3 Å². The van der Waals surface area contributed by atoms with Gasteiger partial charge in [0.15, 0.2) is 0 Å². The van der Waals surface area contributed by atoms with Crippen molar-refractivity contribution in [3.63, 3.8) is 0 Å². The average Bonchev–Trinajstić information content (AvgIpc) is 3.39. The van der Waals surface area contributed by atoms with E-state index in [9.17, 15) is 4.79 Å². The third kappa shape index (κ3) is 3.22. The summed E-state index contributed by atoms with van der Waals surface area (Å²) in [6.07, 6.45) is 4.95. The van der Waals surface area contributed by atoms with E-state index in [2.05, 4.69) is 15.3 Å². The van der Waals surface area contributed by atoms with Gasteiger partial charge in [-0.25, -0.2) is 14.8 Å². The largest absolute Gasteiger partial charge is 0.465 e. The molecule has 3 heterocycles. The van der Waals surface area contributed by atoms with E-state index in [1.54, 1.807) is 0 Å². The van der Waals surface area contributed by atoms with Gasteiger partial charge in [-0.15, -0.1) is 11.3 Å². The van der Waals surface area contributed by atoms with Crippen molar-refractivity contribution in [3.8, 4) is 0 Å². The predicted octanol–water partition coefficient (Wildman–Crippen LogP) is 3.46. The Hall–Kier alpha value is -1.73. The number of rotatable bonds is 4. The zero-order chi connectivity index (χ0) is 17.6. The summed E-state index contributed by atoms with van der Waals surface area (Å²) in [4.78, 5) is 22.6. The van der Waals surface area contributed by atoms with Gasteiger partial charge in [0.05, 0.1) is 18.6 Å². The first-order chi connectivity index (χ1) is 12.1. The molecule has 1 saturated heterocycles. The van der Waals surface area contributed by atoms with Gasteiger partial charge in [0.2, 0.25) is 0 Å². The minimum absolute atomic E-state index is 0.316. The van der Waals surface area contributed by atoms with Crippen LogP contribution in [0.3, 0.4) is 0 Å². The molecule has 25 heavy (non-hydrogen) atoms. The van der Waals surface area contributed by atoms with Crippen molar-refractivity contribution >= 4 is 33.3 Å². The number of ether oxygens (including phenoxy) is 2. The Balaban J connectivity index is 1.66. The van der Waals surface area contributed by atoms with E-state index >= 15 is 0 Å². The summed E-state index contributed by atoms with van der Waals surface area (Å²) in [6, 6.07) is 0.345. The predicted molar refractivity (Wildman–Crippen MR) is 97.3 cm³/mol. The minimum Gasteiger partial charge on any atom is -0.465 e. The fourth-order valence-corrected chi connectivity index (χ4v) is 4.73. The van der Waals surface area contributed by atoms with E-state index in [0.29, 0.717) is 22.8 Å². The highest BCUT2D eigenvalue weighted by Gasteiger charge is 2.36. The summed E-state index contributed by atoms with van der Waals surface area (Å²) in [5.74, 6) is 1.96. The molecule has 2 fully saturated rings. The van der Waals surface area contributed by atoms with E-state index in [0.717, 1.165) is 47.0 Å². The molecule has 0 radical (unpaired) electrons. The standard InChI is InChI=1S/C18H23N3O3S/c1-9-14-16(21-12-6-7-24-13(8-12)11-4-5-11)19-10(2)20-17(14)25-15(9)18(22)23-3/h11-13H,4-8H2,1-3H3,(H,19,20,21).